The third-order valence-corrected chi connectivity index (χ3v) is 2.57. The van der Waals surface area contributed by atoms with Crippen molar-refractivity contribution in [1.29, 1.82) is 0 Å². The molecular formula is C14H13F2NO2. The van der Waals surface area contributed by atoms with Crippen LogP contribution in [-0.4, -0.2) is 7.11 Å². The zero-order chi connectivity index (χ0) is 13.8. The van der Waals surface area contributed by atoms with Crippen LogP contribution in [0.3, 0.4) is 0 Å². The van der Waals surface area contributed by atoms with E-state index in [1.807, 2.05) is 0 Å². The molecule has 0 spiro atoms. The number of nitrogens with two attached hydrogens (primary N) is 1. The molecule has 0 saturated carbocycles. The van der Waals surface area contributed by atoms with Crippen LogP contribution in [0.25, 0.3) is 0 Å². The second-order valence-electron chi connectivity index (χ2n) is 3.95. The molecular weight excluding hydrogens is 252 g/mol. The van der Waals surface area contributed by atoms with Crippen molar-refractivity contribution in [2.24, 2.45) is 0 Å². The van der Waals surface area contributed by atoms with Crippen LogP contribution in [-0.2, 0) is 6.61 Å². The zero-order valence-electron chi connectivity index (χ0n) is 10.3. The van der Waals surface area contributed by atoms with E-state index in [-0.39, 0.29) is 18.1 Å². The standard InChI is InChI=1S/C14H13F2NO2/c1-18-13-4-2-9(6-11(13)15)8-19-14-5-3-10(17)7-12(14)16/h2-7H,8,17H2,1H3. The van der Waals surface area contributed by atoms with E-state index in [9.17, 15) is 8.78 Å². The lowest BCUT2D eigenvalue weighted by Gasteiger charge is -2.09. The Bertz CT molecular complexity index is 588. The summed E-state index contributed by atoms with van der Waals surface area (Å²) in [5, 5.41) is 0. The molecule has 2 aromatic carbocycles. The quantitative estimate of drug-likeness (QED) is 0.864. The lowest BCUT2D eigenvalue weighted by Crippen LogP contribution is -1.99. The van der Waals surface area contributed by atoms with Crippen LogP contribution in [0, 0.1) is 11.6 Å². The van der Waals surface area contributed by atoms with Crippen molar-refractivity contribution in [2.45, 2.75) is 6.61 Å². The van der Waals surface area contributed by atoms with Crippen molar-refractivity contribution in [2.75, 3.05) is 12.8 Å². The van der Waals surface area contributed by atoms with E-state index in [2.05, 4.69) is 0 Å². The van der Waals surface area contributed by atoms with Gasteiger partial charge in [0.1, 0.15) is 6.61 Å². The molecule has 0 saturated heterocycles. The lowest BCUT2D eigenvalue weighted by atomic mass is 10.2. The molecule has 0 bridgehead atoms. The van der Waals surface area contributed by atoms with E-state index < -0.39 is 11.6 Å². The van der Waals surface area contributed by atoms with Crippen LogP contribution in [0.1, 0.15) is 5.56 Å². The number of hydrogen-bond acceptors (Lipinski definition) is 3. The third-order valence-electron chi connectivity index (χ3n) is 2.57. The number of hydrogen-bond donors (Lipinski definition) is 1. The summed E-state index contributed by atoms with van der Waals surface area (Å²) in [5.41, 5.74) is 6.33. The van der Waals surface area contributed by atoms with Crippen LogP contribution in [0.4, 0.5) is 14.5 Å². The summed E-state index contributed by atoms with van der Waals surface area (Å²) in [6.07, 6.45) is 0. The molecule has 0 unspecified atom stereocenters. The number of halogens is 2. The Kier molecular flexibility index (Phi) is 3.85. The highest BCUT2D eigenvalue weighted by molar-refractivity contribution is 5.42. The lowest BCUT2D eigenvalue weighted by molar-refractivity contribution is 0.289. The van der Waals surface area contributed by atoms with E-state index in [4.69, 9.17) is 15.2 Å². The predicted octanol–water partition coefficient (Wildman–Crippen LogP) is 3.13. The first-order valence-electron chi connectivity index (χ1n) is 5.60. The van der Waals surface area contributed by atoms with Gasteiger partial charge >= 0.3 is 0 Å². The molecule has 3 nitrogen and oxygen atoms in total. The minimum atomic E-state index is -0.547. The van der Waals surface area contributed by atoms with Gasteiger partial charge in [-0.3, -0.25) is 0 Å². The second kappa shape index (κ2) is 5.56. The SMILES string of the molecule is COc1ccc(COc2ccc(N)cc2F)cc1F. The van der Waals surface area contributed by atoms with Crippen LogP contribution in [0.5, 0.6) is 11.5 Å². The average Bonchev–Trinajstić information content (AvgIpc) is 2.38. The first-order valence-corrected chi connectivity index (χ1v) is 5.60. The van der Waals surface area contributed by atoms with E-state index in [0.717, 1.165) is 0 Å². The Morgan fingerprint density at radius 3 is 2.32 bits per heavy atom. The van der Waals surface area contributed by atoms with E-state index in [1.54, 1.807) is 6.07 Å². The van der Waals surface area contributed by atoms with Gasteiger partial charge in [-0.25, -0.2) is 8.78 Å². The molecule has 2 N–H and O–H groups in total. The summed E-state index contributed by atoms with van der Waals surface area (Å²) < 4.78 is 37.0. The molecule has 0 amide bonds. The van der Waals surface area contributed by atoms with E-state index >= 15 is 0 Å². The number of anilines is 1. The Morgan fingerprint density at radius 2 is 1.68 bits per heavy atom. The van der Waals surface area contributed by atoms with Gasteiger partial charge in [0.05, 0.1) is 7.11 Å². The van der Waals surface area contributed by atoms with Crippen molar-refractivity contribution in [1.82, 2.24) is 0 Å². The molecule has 5 heteroatoms. The number of benzene rings is 2. The van der Waals surface area contributed by atoms with Gasteiger partial charge < -0.3 is 15.2 Å². The predicted molar refractivity (Wildman–Crippen MR) is 68.1 cm³/mol. The Morgan fingerprint density at radius 1 is 1.00 bits per heavy atom. The molecule has 0 aliphatic rings. The topological polar surface area (TPSA) is 44.5 Å². The Balaban J connectivity index is 2.08. The first kappa shape index (κ1) is 13.1. The molecule has 0 fully saturated rings. The molecule has 100 valence electrons. The number of ether oxygens (including phenoxy) is 2. The van der Waals surface area contributed by atoms with E-state index in [1.165, 1.54) is 37.4 Å². The van der Waals surface area contributed by atoms with Crippen LogP contribution in [0.2, 0.25) is 0 Å². The van der Waals surface area contributed by atoms with Gasteiger partial charge in [-0.05, 0) is 29.8 Å². The molecule has 0 aromatic heterocycles. The third kappa shape index (κ3) is 3.13. The minimum absolute atomic E-state index is 0.0573. The van der Waals surface area contributed by atoms with Gasteiger partial charge in [0, 0.05) is 11.8 Å². The fourth-order valence-electron chi connectivity index (χ4n) is 1.59. The van der Waals surface area contributed by atoms with Gasteiger partial charge in [0.2, 0.25) is 0 Å². The molecule has 19 heavy (non-hydrogen) atoms. The highest BCUT2D eigenvalue weighted by Gasteiger charge is 2.06. The Labute approximate surface area is 109 Å². The van der Waals surface area contributed by atoms with Crippen LogP contribution >= 0.6 is 0 Å². The highest BCUT2D eigenvalue weighted by atomic mass is 19.1. The van der Waals surface area contributed by atoms with Gasteiger partial charge in [-0.15, -0.1) is 0 Å². The molecule has 2 aromatic rings. The van der Waals surface area contributed by atoms with Crippen molar-refractivity contribution in [3.63, 3.8) is 0 Å². The fraction of sp³-hybridized carbons (Fsp3) is 0.143. The summed E-state index contributed by atoms with van der Waals surface area (Å²) in [6.45, 7) is 0.0573. The van der Waals surface area contributed by atoms with Crippen molar-refractivity contribution >= 4 is 5.69 Å². The van der Waals surface area contributed by atoms with Gasteiger partial charge in [0.25, 0.3) is 0 Å². The van der Waals surface area contributed by atoms with Crippen molar-refractivity contribution in [3.8, 4) is 11.5 Å². The fourth-order valence-corrected chi connectivity index (χ4v) is 1.59. The molecule has 2 rings (SSSR count). The zero-order valence-corrected chi connectivity index (χ0v) is 10.3. The maximum atomic E-state index is 13.5. The molecule has 0 radical (unpaired) electrons. The molecule has 0 aliphatic heterocycles. The summed E-state index contributed by atoms with van der Waals surface area (Å²) in [6, 6.07) is 8.57. The Hall–Kier alpha value is -2.30. The normalized spacial score (nSPS) is 10.3. The highest BCUT2D eigenvalue weighted by Crippen LogP contribution is 2.22. The first-order chi connectivity index (χ1) is 9.10. The summed E-state index contributed by atoms with van der Waals surface area (Å²) in [7, 11) is 1.39. The minimum Gasteiger partial charge on any atom is -0.494 e. The molecule has 0 aliphatic carbocycles. The van der Waals surface area contributed by atoms with Gasteiger partial charge in [0.15, 0.2) is 23.1 Å². The second-order valence-corrected chi connectivity index (χ2v) is 3.95. The summed E-state index contributed by atoms with van der Waals surface area (Å²) in [5.74, 6) is -0.803. The van der Waals surface area contributed by atoms with Crippen molar-refractivity contribution < 1.29 is 18.3 Å². The smallest absolute Gasteiger partial charge is 0.167 e. The summed E-state index contributed by atoms with van der Waals surface area (Å²) in [4.78, 5) is 0. The average molecular weight is 265 g/mol. The van der Waals surface area contributed by atoms with Crippen LogP contribution < -0.4 is 15.2 Å². The van der Waals surface area contributed by atoms with E-state index in [0.29, 0.717) is 11.3 Å². The van der Waals surface area contributed by atoms with Gasteiger partial charge in [-0.1, -0.05) is 6.07 Å². The monoisotopic (exact) mass is 265 g/mol. The maximum absolute atomic E-state index is 13.5. The van der Waals surface area contributed by atoms with Crippen LogP contribution in [0.15, 0.2) is 36.4 Å². The number of rotatable bonds is 4. The number of methoxy groups -OCH3 is 1. The molecule has 0 atom stereocenters. The maximum Gasteiger partial charge on any atom is 0.167 e. The van der Waals surface area contributed by atoms with Crippen molar-refractivity contribution in [3.05, 3.63) is 53.6 Å². The number of nitrogen functional groups attached to an aromatic ring is 1. The molecule has 0 heterocycles. The largest absolute Gasteiger partial charge is 0.494 e. The summed E-state index contributed by atoms with van der Waals surface area (Å²) >= 11 is 0. The van der Waals surface area contributed by atoms with Gasteiger partial charge in [-0.2, -0.15) is 0 Å².